The summed E-state index contributed by atoms with van der Waals surface area (Å²) in [6.07, 6.45) is 1.81. The second kappa shape index (κ2) is 5.78. The van der Waals surface area contributed by atoms with Crippen LogP contribution in [0, 0.1) is 5.82 Å². The van der Waals surface area contributed by atoms with Crippen molar-refractivity contribution in [1.82, 2.24) is 4.57 Å². The van der Waals surface area contributed by atoms with Gasteiger partial charge in [0.15, 0.2) is 0 Å². The molecule has 0 bridgehead atoms. The molecule has 1 saturated carbocycles. The lowest BCUT2D eigenvalue weighted by molar-refractivity contribution is -0.119. The minimum atomic E-state index is -1.38. The highest BCUT2D eigenvalue weighted by Crippen LogP contribution is 2.44. The lowest BCUT2D eigenvalue weighted by atomic mass is 10.0. The average molecular weight is 375 g/mol. The molecular weight excluding hydrogens is 357 g/mol. The number of likely N-dealkylation sites (N-methyl/N-ethyl adjacent to an activating group) is 1. The Morgan fingerprint density at radius 2 is 2.04 bits per heavy atom. The van der Waals surface area contributed by atoms with Gasteiger partial charge in [-0.25, -0.2) is 9.18 Å². The molecule has 1 aromatic heterocycles. The van der Waals surface area contributed by atoms with Gasteiger partial charge < -0.3 is 25.0 Å². The number of aromatic nitrogens is 1. The first-order valence-electron chi connectivity index (χ1n) is 8.58. The summed E-state index contributed by atoms with van der Waals surface area (Å²) in [5.41, 5.74) is -0.759. The van der Waals surface area contributed by atoms with Gasteiger partial charge in [-0.3, -0.25) is 9.59 Å². The van der Waals surface area contributed by atoms with Gasteiger partial charge in [0.1, 0.15) is 17.4 Å². The lowest BCUT2D eigenvalue weighted by Crippen LogP contribution is -2.52. The maximum Gasteiger partial charge on any atom is 0.341 e. The Balaban J connectivity index is 2.10. The van der Waals surface area contributed by atoms with Crippen LogP contribution in [0.2, 0.25) is 0 Å². The molecule has 2 aliphatic rings. The molecule has 1 aliphatic carbocycles. The van der Waals surface area contributed by atoms with Crippen LogP contribution in [-0.4, -0.2) is 45.9 Å². The third-order valence-corrected chi connectivity index (χ3v) is 5.16. The molecule has 0 radical (unpaired) electrons. The van der Waals surface area contributed by atoms with Gasteiger partial charge >= 0.3 is 5.97 Å². The molecule has 2 aromatic rings. The zero-order valence-electron chi connectivity index (χ0n) is 14.7. The molecule has 1 fully saturated rings. The molecule has 1 amide bonds. The molecule has 0 spiro atoms. The summed E-state index contributed by atoms with van der Waals surface area (Å²) >= 11 is 0. The van der Waals surface area contributed by atoms with Crippen LogP contribution in [0.1, 0.15) is 36.2 Å². The van der Waals surface area contributed by atoms with Crippen molar-refractivity contribution in [3.63, 3.8) is 0 Å². The number of aliphatic hydroxyl groups excluding tert-OH is 1. The van der Waals surface area contributed by atoms with E-state index in [1.807, 2.05) is 0 Å². The summed E-state index contributed by atoms with van der Waals surface area (Å²) in [6, 6.07) is 0.0100. The number of rotatable bonds is 3. The second-order valence-electron chi connectivity index (χ2n) is 7.08. The average Bonchev–Trinajstić information content (AvgIpc) is 3.39. The van der Waals surface area contributed by atoms with Crippen molar-refractivity contribution in [2.45, 2.75) is 38.0 Å². The maximum absolute atomic E-state index is 14.9. The quantitative estimate of drug-likeness (QED) is 0.746. The van der Waals surface area contributed by atoms with Crippen molar-refractivity contribution < 1.29 is 24.2 Å². The standard InChI is InChI=1S/C18H18FN3O5/c1-7(23)13-17(25)20-12-14-9(5-11(19)15(12)21(13)2)16(24)10(18(26)27)6-22(14)8-3-4-8/h5-8,13,23H,3-4H2,1-2H3,(H,20,25)(H,26,27). The summed E-state index contributed by atoms with van der Waals surface area (Å²) in [6.45, 7) is 1.43. The fourth-order valence-corrected chi connectivity index (χ4v) is 3.79. The largest absolute Gasteiger partial charge is 0.477 e. The Morgan fingerprint density at radius 1 is 1.37 bits per heavy atom. The Hall–Kier alpha value is -2.94. The summed E-state index contributed by atoms with van der Waals surface area (Å²) in [5, 5.41) is 21.7. The van der Waals surface area contributed by atoms with Gasteiger partial charge in [-0.15, -0.1) is 0 Å². The number of halogens is 1. The summed E-state index contributed by atoms with van der Waals surface area (Å²) in [5.74, 6) is -2.68. The van der Waals surface area contributed by atoms with Gasteiger partial charge in [0.25, 0.3) is 0 Å². The van der Waals surface area contributed by atoms with E-state index in [1.165, 1.54) is 25.1 Å². The number of hydrogen-bond donors (Lipinski definition) is 3. The smallest absolute Gasteiger partial charge is 0.341 e. The van der Waals surface area contributed by atoms with E-state index < -0.39 is 40.8 Å². The predicted octanol–water partition coefficient (Wildman–Crippen LogP) is 1.31. The number of fused-ring (bicyclic) bond motifs is 3. The molecule has 2 unspecified atom stereocenters. The van der Waals surface area contributed by atoms with Crippen molar-refractivity contribution >= 4 is 34.2 Å². The number of carbonyl (C=O) groups is 2. The first-order valence-corrected chi connectivity index (χ1v) is 8.58. The number of pyridine rings is 1. The number of hydrogen-bond acceptors (Lipinski definition) is 5. The minimum absolute atomic E-state index is 0.0162. The molecule has 1 aromatic carbocycles. The predicted molar refractivity (Wildman–Crippen MR) is 95.9 cm³/mol. The van der Waals surface area contributed by atoms with Crippen LogP contribution in [0.3, 0.4) is 0 Å². The number of benzene rings is 1. The van der Waals surface area contributed by atoms with Crippen LogP contribution in [0.25, 0.3) is 10.9 Å². The number of carboxylic acid groups (broad SMARTS) is 1. The van der Waals surface area contributed by atoms with E-state index in [-0.39, 0.29) is 22.8 Å². The molecule has 1 aliphatic heterocycles. The van der Waals surface area contributed by atoms with Crippen molar-refractivity contribution in [3.8, 4) is 0 Å². The molecule has 142 valence electrons. The van der Waals surface area contributed by atoms with Crippen molar-refractivity contribution in [2.75, 3.05) is 17.3 Å². The number of nitrogens with one attached hydrogen (secondary N) is 1. The van der Waals surface area contributed by atoms with Gasteiger partial charge in [-0.1, -0.05) is 0 Å². The molecule has 0 saturated heterocycles. The van der Waals surface area contributed by atoms with Crippen LogP contribution in [0.4, 0.5) is 15.8 Å². The van der Waals surface area contributed by atoms with E-state index in [0.29, 0.717) is 5.52 Å². The maximum atomic E-state index is 14.9. The molecule has 2 atom stereocenters. The fraction of sp³-hybridized carbons (Fsp3) is 0.389. The summed E-state index contributed by atoms with van der Waals surface area (Å²) < 4.78 is 16.5. The van der Waals surface area contributed by atoms with E-state index in [9.17, 15) is 29.0 Å². The number of nitrogens with zero attached hydrogens (tertiary/aromatic N) is 2. The van der Waals surface area contributed by atoms with Crippen LogP contribution in [0.5, 0.6) is 0 Å². The molecule has 9 heteroatoms. The fourth-order valence-electron chi connectivity index (χ4n) is 3.79. The van der Waals surface area contributed by atoms with Crippen LogP contribution in [0.15, 0.2) is 17.1 Å². The Morgan fingerprint density at radius 3 is 2.59 bits per heavy atom. The SMILES string of the molecule is CC(O)C1C(=O)Nc2c(c(F)cc3c(=O)c(C(=O)O)cn(C4CC4)c23)N1C. The molecule has 2 heterocycles. The highest BCUT2D eigenvalue weighted by atomic mass is 19.1. The topological polar surface area (TPSA) is 112 Å². The number of aromatic carboxylic acids is 1. The van der Waals surface area contributed by atoms with E-state index >= 15 is 0 Å². The van der Waals surface area contributed by atoms with Gasteiger partial charge in [0.05, 0.1) is 28.4 Å². The number of carbonyl (C=O) groups excluding carboxylic acids is 1. The molecule has 4 rings (SSSR count). The van der Waals surface area contributed by atoms with Crippen molar-refractivity contribution in [1.29, 1.82) is 0 Å². The number of amides is 1. The highest BCUT2D eigenvalue weighted by molar-refractivity contribution is 6.12. The Labute approximate surface area is 152 Å². The minimum Gasteiger partial charge on any atom is -0.477 e. The first kappa shape index (κ1) is 17.5. The molecular formula is C18H18FN3O5. The normalized spacial score (nSPS) is 20.4. The van der Waals surface area contributed by atoms with Crippen molar-refractivity contribution in [2.24, 2.45) is 0 Å². The Bertz CT molecular complexity index is 1060. The van der Waals surface area contributed by atoms with E-state index in [0.717, 1.165) is 18.9 Å². The zero-order chi connectivity index (χ0) is 19.6. The molecule has 27 heavy (non-hydrogen) atoms. The van der Waals surface area contributed by atoms with Gasteiger partial charge in [-0.2, -0.15) is 0 Å². The first-order chi connectivity index (χ1) is 12.7. The Kier molecular flexibility index (Phi) is 3.74. The van der Waals surface area contributed by atoms with Gasteiger partial charge in [-0.05, 0) is 25.8 Å². The van der Waals surface area contributed by atoms with Crippen LogP contribution < -0.4 is 15.6 Å². The third kappa shape index (κ3) is 2.49. The third-order valence-electron chi connectivity index (χ3n) is 5.16. The van der Waals surface area contributed by atoms with E-state index in [4.69, 9.17) is 0 Å². The van der Waals surface area contributed by atoms with Gasteiger partial charge in [0.2, 0.25) is 11.3 Å². The van der Waals surface area contributed by atoms with Crippen LogP contribution >= 0.6 is 0 Å². The zero-order valence-corrected chi connectivity index (χ0v) is 14.7. The monoisotopic (exact) mass is 375 g/mol. The summed E-state index contributed by atoms with van der Waals surface area (Å²) in [7, 11) is 1.50. The lowest BCUT2D eigenvalue weighted by Gasteiger charge is -2.37. The second-order valence-corrected chi connectivity index (χ2v) is 7.08. The van der Waals surface area contributed by atoms with E-state index in [2.05, 4.69) is 5.32 Å². The molecule has 8 nitrogen and oxygen atoms in total. The number of aliphatic hydroxyl groups is 1. The van der Waals surface area contributed by atoms with Crippen LogP contribution in [-0.2, 0) is 4.79 Å². The van der Waals surface area contributed by atoms with Crippen molar-refractivity contribution in [3.05, 3.63) is 33.9 Å². The summed E-state index contributed by atoms with van der Waals surface area (Å²) in [4.78, 5) is 37.9. The number of anilines is 2. The van der Waals surface area contributed by atoms with Gasteiger partial charge in [0, 0.05) is 19.3 Å². The van der Waals surface area contributed by atoms with E-state index in [1.54, 1.807) is 4.57 Å². The number of carboxylic acids is 1. The highest BCUT2D eigenvalue weighted by Gasteiger charge is 2.39. The molecule has 3 N–H and O–H groups in total.